The molecule has 1 atom stereocenters. The van der Waals surface area contributed by atoms with E-state index in [1.54, 1.807) is 11.8 Å². The van der Waals surface area contributed by atoms with Gasteiger partial charge in [-0.05, 0) is 17.7 Å². The van der Waals surface area contributed by atoms with Gasteiger partial charge in [-0.1, -0.05) is 48.5 Å². The molecular formula is C15H16N2S. The first-order valence-corrected chi connectivity index (χ1v) is 6.73. The van der Waals surface area contributed by atoms with E-state index in [0.29, 0.717) is 6.42 Å². The lowest BCUT2D eigenvalue weighted by molar-refractivity contribution is 0.985. The Morgan fingerprint density at radius 3 is 2.11 bits per heavy atom. The molecule has 92 valence electrons. The SMILES string of the molecule is N=C(N)CC(Sc1ccccc1)c1ccccc1. The Morgan fingerprint density at radius 2 is 1.56 bits per heavy atom. The van der Waals surface area contributed by atoms with Crippen LogP contribution in [0.25, 0.3) is 0 Å². The molecular weight excluding hydrogens is 240 g/mol. The zero-order chi connectivity index (χ0) is 12.8. The van der Waals surface area contributed by atoms with E-state index in [0.717, 1.165) is 0 Å². The van der Waals surface area contributed by atoms with Gasteiger partial charge in [-0.25, -0.2) is 0 Å². The molecule has 0 aliphatic rings. The maximum absolute atomic E-state index is 7.50. The summed E-state index contributed by atoms with van der Waals surface area (Å²) >= 11 is 1.75. The summed E-state index contributed by atoms with van der Waals surface area (Å²) in [7, 11) is 0. The van der Waals surface area contributed by atoms with Crippen LogP contribution in [-0.2, 0) is 0 Å². The molecule has 2 aromatic rings. The van der Waals surface area contributed by atoms with E-state index in [2.05, 4.69) is 24.3 Å². The Kier molecular flexibility index (Phi) is 4.42. The van der Waals surface area contributed by atoms with Crippen molar-refractivity contribution >= 4 is 17.6 Å². The third kappa shape index (κ3) is 3.64. The summed E-state index contributed by atoms with van der Waals surface area (Å²) in [6, 6.07) is 20.4. The molecule has 0 radical (unpaired) electrons. The van der Waals surface area contributed by atoms with Crippen molar-refractivity contribution in [1.82, 2.24) is 0 Å². The van der Waals surface area contributed by atoms with Gasteiger partial charge in [0.2, 0.25) is 0 Å². The highest BCUT2D eigenvalue weighted by molar-refractivity contribution is 7.99. The van der Waals surface area contributed by atoms with E-state index in [4.69, 9.17) is 11.1 Å². The maximum Gasteiger partial charge on any atom is 0.0920 e. The molecule has 0 aliphatic carbocycles. The average Bonchev–Trinajstić information content (AvgIpc) is 2.40. The minimum atomic E-state index is 0.200. The molecule has 2 aromatic carbocycles. The summed E-state index contributed by atoms with van der Waals surface area (Å²) in [6.45, 7) is 0. The molecule has 18 heavy (non-hydrogen) atoms. The van der Waals surface area contributed by atoms with Crippen LogP contribution in [0.5, 0.6) is 0 Å². The van der Waals surface area contributed by atoms with Gasteiger partial charge in [0.05, 0.1) is 5.84 Å². The van der Waals surface area contributed by atoms with Crippen LogP contribution in [0, 0.1) is 5.41 Å². The molecule has 2 nitrogen and oxygen atoms in total. The van der Waals surface area contributed by atoms with Crippen molar-refractivity contribution in [2.75, 3.05) is 0 Å². The minimum absolute atomic E-state index is 0.200. The monoisotopic (exact) mass is 256 g/mol. The second kappa shape index (κ2) is 6.26. The molecule has 0 aliphatic heterocycles. The number of nitrogens with one attached hydrogen (secondary N) is 1. The highest BCUT2D eigenvalue weighted by Gasteiger charge is 2.14. The van der Waals surface area contributed by atoms with Crippen molar-refractivity contribution in [3.8, 4) is 0 Å². The Hall–Kier alpha value is -1.74. The third-order valence-corrected chi connectivity index (χ3v) is 3.87. The Labute approximate surface area is 112 Å². The number of rotatable bonds is 5. The molecule has 0 fully saturated rings. The smallest absolute Gasteiger partial charge is 0.0920 e. The van der Waals surface area contributed by atoms with Crippen LogP contribution in [0.1, 0.15) is 17.2 Å². The minimum Gasteiger partial charge on any atom is -0.388 e. The second-order valence-corrected chi connectivity index (χ2v) is 5.34. The zero-order valence-corrected chi connectivity index (χ0v) is 10.9. The number of hydrogen-bond acceptors (Lipinski definition) is 2. The van der Waals surface area contributed by atoms with Crippen molar-refractivity contribution < 1.29 is 0 Å². The van der Waals surface area contributed by atoms with Crippen molar-refractivity contribution in [2.45, 2.75) is 16.6 Å². The summed E-state index contributed by atoms with van der Waals surface area (Å²) in [6.07, 6.45) is 0.573. The summed E-state index contributed by atoms with van der Waals surface area (Å²) in [4.78, 5) is 1.20. The summed E-state index contributed by atoms with van der Waals surface area (Å²) in [5.74, 6) is 0.229. The van der Waals surface area contributed by atoms with E-state index < -0.39 is 0 Å². The Morgan fingerprint density at radius 1 is 1.00 bits per heavy atom. The number of nitrogens with two attached hydrogens (primary N) is 1. The lowest BCUT2D eigenvalue weighted by atomic mass is 10.1. The lowest BCUT2D eigenvalue weighted by Gasteiger charge is -2.16. The average molecular weight is 256 g/mol. The van der Waals surface area contributed by atoms with Gasteiger partial charge in [-0.15, -0.1) is 11.8 Å². The molecule has 3 heteroatoms. The van der Waals surface area contributed by atoms with Crippen LogP contribution in [0.15, 0.2) is 65.6 Å². The van der Waals surface area contributed by atoms with Gasteiger partial charge in [0, 0.05) is 16.6 Å². The Balaban J connectivity index is 2.18. The van der Waals surface area contributed by atoms with Crippen LogP contribution < -0.4 is 5.73 Å². The van der Waals surface area contributed by atoms with Crippen molar-refractivity contribution in [3.63, 3.8) is 0 Å². The van der Waals surface area contributed by atoms with Crippen LogP contribution in [0.2, 0.25) is 0 Å². The first kappa shape index (κ1) is 12.7. The van der Waals surface area contributed by atoms with Gasteiger partial charge < -0.3 is 5.73 Å². The molecule has 0 saturated carbocycles. The van der Waals surface area contributed by atoms with E-state index in [1.165, 1.54) is 10.5 Å². The first-order valence-electron chi connectivity index (χ1n) is 5.85. The van der Waals surface area contributed by atoms with Crippen LogP contribution in [0.3, 0.4) is 0 Å². The predicted molar refractivity (Wildman–Crippen MR) is 78.0 cm³/mol. The third-order valence-electron chi connectivity index (χ3n) is 2.60. The first-order chi connectivity index (χ1) is 8.75. The number of benzene rings is 2. The topological polar surface area (TPSA) is 49.9 Å². The molecule has 1 unspecified atom stereocenters. The fourth-order valence-electron chi connectivity index (χ4n) is 1.76. The van der Waals surface area contributed by atoms with Crippen LogP contribution in [-0.4, -0.2) is 5.84 Å². The van der Waals surface area contributed by atoms with Crippen LogP contribution >= 0.6 is 11.8 Å². The molecule has 0 spiro atoms. The number of amidine groups is 1. The van der Waals surface area contributed by atoms with Gasteiger partial charge in [0.25, 0.3) is 0 Å². The van der Waals surface area contributed by atoms with Crippen molar-refractivity contribution in [3.05, 3.63) is 66.2 Å². The molecule has 0 aromatic heterocycles. The van der Waals surface area contributed by atoms with E-state index >= 15 is 0 Å². The molecule has 0 bridgehead atoms. The van der Waals surface area contributed by atoms with E-state index in [1.807, 2.05) is 36.4 Å². The standard InChI is InChI=1S/C15H16N2S/c16-15(17)11-14(12-7-3-1-4-8-12)18-13-9-5-2-6-10-13/h1-10,14H,11H2,(H3,16,17). The number of thioether (sulfide) groups is 1. The van der Waals surface area contributed by atoms with Gasteiger partial charge in [0.15, 0.2) is 0 Å². The normalized spacial score (nSPS) is 12.0. The highest BCUT2D eigenvalue weighted by Crippen LogP contribution is 2.37. The fraction of sp³-hybridized carbons (Fsp3) is 0.133. The van der Waals surface area contributed by atoms with Crippen molar-refractivity contribution in [2.24, 2.45) is 5.73 Å². The Bertz CT molecular complexity index is 496. The quantitative estimate of drug-likeness (QED) is 0.485. The fourth-order valence-corrected chi connectivity index (χ4v) is 2.96. The second-order valence-electron chi connectivity index (χ2n) is 4.06. The summed E-state index contributed by atoms with van der Waals surface area (Å²) < 4.78 is 0. The highest BCUT2D eigenvalue weighted by atomic mass is 32.2. The summed E-state index contributed by atoms with van der Waals surface area (Å²) in [5.41, 5.74) is 6.76. The lowest BCUT2D eigenvalue weighted by Crippen LogP contribution is -2.13. The predicted octanol–water partition coefficient (Wildman–Crippen LogP) is 3.85. The van der Waals surface area contributed by atoms with Crippen molar-refractivity contribution in [1.29, 1.82) is 5.41 Å². The van der Waals surface area contributed by atoms with Gasteiger partial charge in [-0.2, -0.15) is 0 Å². The van der Waals surface area contributed by atoms with E-state index in [-0.39, 0.29) is 11.1 Å². The summed E-state index contributed by atoms with van der Waals surface area (Å²) in [5, 5.41) is 7.70. The van der Waals surface area contributed by atoms with Gasteiger partial charge in [-0.3, -0.25) is 5.41 Å². The largest absolute Gasteiger partial charge is 0.388 e. The molecule has 3 N–H and O–H groups in total. The number of hydrogen-bond donors (Lipinski definition) is 2. The van der Waals surface area contributed by atoms with Gasteiger partial charge in [0.1, 0.15) is 0 Å². The molecule has 0 amide bonds. The maximum atomic E-state index is 7.50. The van der Waals surface area contributed by atoms with E-state index in [9.17, 15) is 0 Å². The van der Waals surface area contributed by atoms with Gasteiger partial charge >= 0.3 is 0 Å². The van der Waals surface area contributed by atoms with Crippen LogP contribution in [0.4, 0.5) is 0 Å². The zero-order valence-electron chi connectivity index (χ0n) is 10.0. The molecule has 2 rings (SSSR count). The molecule has 0 saturated heterocycles. The molecule has 0 heterocycles.